The molecule has 0 saturated carbocycles. The number of unbranched alkanes of at least 4 members (excludes halogenated alkanes) is 1. The molecular formula is C28H40N4O5S2. The van der Waals surface area contributed by atoms with Gasteiger partial charge in [0.25, 0.3) is 5.91 Å². The largest absolute Gasteiger partial charge is 0.493 e. The van der Waals surface area contributed by atoms with Crippen molar-refractivity contribution in [2.75, 3.05) is 58.4 Å². The van der Waals surface area contributed by atoms with Gasteiger partial charge in [0.15, 0.2) is 16.6 Å². The van der Waals surface area contributed by atoms with Gasteiger partial charge in [0.2, 0.25) is 10.0 Å². The van der Waals surface area contributed by atoms with E-state index in [0.29, 0.717) is 53.9 Å². The number of anilines is 1. The van der Waals surface area contributed by atoms with Gasteiger partial charge < -0.3 is 14.4 Å². The predicted octanol–water partition coefficient (Wildman–Crippen LogP) is 5.11. The van der Waals surface area contributed by atoms with Gasteiger partial charge in [0, 0.05) is 43.9 Å². The third-order valence-corrected chi connectivity index (χ3v) is 9.78. The van der Waals surface area contributed by atoms with Crippen molar-refractivity contribution in [1.82, 2.24) is 14.2 Å². The lowest BCUT2D eigenvalue weighted by atomic mass is 10.2. The first-order valence-corrected chi connectivity index (χ1v) is 15.7. The molecule has 3 rings (SSSR count). The lowest BCUT2D eigenvalue weighted by Crippen LogP contribution is -2.39. The van der Waals surface area contributed by atoms with Crippen molar-refractivity contribution in [1.29, 1.82) is 0 Å². The molecule has 0 bridgehead atoms. The van der Waals surface area contributed by atoms with Crippen LogP contribution in [0.25, 0.3) is 10.2 Å². The maximum atomic E-state index is 13.8. The van der Waals surface area contributed by atoms with Gasteiger partial charge >= 0.3 is 0 Å². The number of nitrogens with zero attached hydrogens (tertiary/aromatic N) is 4. The summed E-state index contributed by atoms with van der Waals surface area (Å²) in [6.07, 6.45) is 1.71. The van der Waals surface area contributed by atoms with Crippen LogP contribution in [0.5, 0.6) is 11.5 Å². The zero-order valence-corrected chi connectivity index (χ0v) is 25.4. The van der Waals surface area contributed by atoms with Crippen LogP contribution in [0, 0.1) is 0 Å². The number of hydrogen-bond donors (Lipinski definition) is 0. The second-order valence-electron chi connectivity index (χ2n) is 9.03. The maximum absolute atomic E-state index is 13.8. The summed E-state index contributed by atoms with van der Waals surface area (Å²) in [5.74, 6) is 0.931. The normalized spacial score (nSPS) is 11.9. The molecule has 11 heteroatoms. The summed E-state index contributed by atoms with van der Waals surface area (Å²) in [6.45, 7) is 11.8. The lowest BCUT2D eigenvalue weighted by Gasteiger charge is -2.25. The first kappa shape index (κ1) is 30.8. The third-order valence-electron chi connectivity index (χ3n) is 6.75. The van der Waals surface area contributed by atoms with E-state index in [4.69, 9.17) is 14.5 Å². The SMILES string of the molecule is CCCCN(CC)S(=O)(=O)c1ccc(C(=O)N(CCN(CC)CC)c2nc3cc(OC)c(OC)cc3s2)cc1. The van der Waals surface area contributed by atoms with E-state index < -0.39 is 10.0 Å². The number of carbonyl (C=O) groups excluding carboxylic acids is 1. The molecule has 1 amide bonds. The molecule has 39 heavy (non-hydrogen) atoms. The second kappa shape index (κ2) is 14.1. The highest BCUT2D eigenvalue weighted by atomic mass is 32.2. The zero-order valence-electron chi connectivity index (χ0n) is 23.8. The number of benzene rings is 2. The molecule has 0 spiro atoms. The highest BCUT2D eigenvalue weighted by molar-refractivity contribution is 7.89. The molecule has 0 aliphatic heterocycles. The lowest BCUT2D eigenvalue weighted by molar-refractivity contribution is 0.0983. The van der Waals surface area contributed by atoms with Crippen LogP contribution in [0.2, 0.25) is 0 Å². The number of sulfonamides is 1. The molecule has 9 nitrogen and oxygen atoms in total. The van der Waals surface area contributed by atoms with Crippen LogP contribution in [-0.2, 0) is 10.0 Å². The van der Waals surface area contributed by atoms with E-state index in [1.165, 1.54) is 27.8 Å². The van der Waals surface area contributed by atoms with Crippen molar-refractivity contribution < 1.29 is 22.7 Å². The van der Waals surface area contributed by atoms with Crippen molar-refractivity contribution in [2.45, 2.75) is 45.4 Å². The standard InChI is InChI=1S/C28H40N4O5S2/c1-7-11-16-31(10-4)39(34,35)22-14-12-21(13-15-22)27(33)32(18-17-30(8-2)9-3)28-29-23-19-24(36-5)25(37-6)20-26(23)38-28/h12-15,19-20H,7-11,16-18H2,1-6H3. The highest BCUT2D eigenvalue weighted by Gasteiger charge is 2.25. The van der Waals surface area contributed by atoms with Gasteiger partial charge in [0.05, 0.1) is 29.3 Å². The average molecular weight is 577 g/mol. The molecule has 3 aromatic rings. The van der Waals surface area contributed by atoms with Gasteiger partial charge in [0.1, 0.15) is 0 Å². The smallest absolute Gasteiger partial charge is 0.260 e. The first-order chi connectivity index (χ1) is 18.7. The summed E-state index contributed by atoms with van der Waals surface area (Å²) >= 11 is 1.40. The number of amides is 1. The monoisotopic (exact) mass is 576 g/mol. The van der Waals surface area contributed by atoms with E-state index in [0.717, 1.165) is 30.6 Å². The number of ether oxygens (including phenoxy) is 2. The minimum Gasteiger partial charge on any atom is -0.493 e. The number of hydrogen-bond acceptors (Lipinski definition) is 8. The minimum atomic E-state index is -3.63. The molecule has 0 radical (unpaired) electrons. The fourth-order valence-corrected chi connectivity index (χ4v) is 6.77. The van der Waals surface area contributed by atoms with Crippen molar-refractivity contribution in [3.05, 3.63) is 42.0 Å². The fraction of sp³-hybridized carbons (Fsp3) is 0.500. The Kier molecular flexibility index (Phi) is 11.1. The number of aromatic nitrogens is 1. The molecule has 0 aliphatic rings. The summed E-state index contributed by atoms with van der Waals surface area (Å²) in [5.41, 5.74) is 1.11. The quantitative estimate of drug-likeness (QED) is 0.248. The molecule has 0 N–H and O–H groups in total. The Morgan fingerprint density at radius 2 is 1.54 bits per heavy atom. The van der Waals surface area contributed by atoms with E-state index in [9.17, 15) is 13.2 Å². The van der Waals surface area contributed by atoms with Gasteiger partial charge in [-0.1, -0.05) is 45.5 Å². The summed E-state index contributed by atoms with van der Waals surface area (Å²) in [5, 5.41) is 0.561. The average Bonchev–Trinajstić information content (AvgIpc) is 3.37. The molecule has 1 heterocycles. The highest BCUT2D eigenvalue weighted by Crippen LogP contribution is 2.37. The number of methoxy groups -OCH3 is 2. The van der Waals surface area contributed by atoms with Gasteiger partial charge in [-0.25, -0.2) is 13.4 Å². The fourth-order valence-electron chi connectivity index (χ4n) is 4.28. The van der Waals surface area contributed by atoms with Gasteiger partial charge in [-0.3, -0.25) is 9.69 Å². The summed E-state index contributed by atoms with van der Waals surface area (Å²) in [4.78, 5) is 22.7. The summed E-state index contributed by atoms with van der Waals surface area (Å²) in [7, 11) is -0.473. The molecular weight excluding hydrogens is 536 g/mol. The number of rotatable bonds is 15. The Labute approximate surface area is 236 Å². The molecule has 0 atom stereocenters. The number of carbonyl (C=O) groups is 1. The molecule has 0 unspecified atom stereocenters. The van der Waals surface area contributed by atoms with Gasteiger partial charge in [-0.05, 0) is 43.8 Å². The van der Waals surface area contributed by atoms with E-state index in [-0.39, 0.29) is 10.8 Å². The number of fused-ring (bicyclic) bond motifs is 1. The summed E-state index contributed by atoms with van der Waals surface area (Å²) < 4.78 is 39.5. The van der Waals surface area contributed by atoms with Crippen molar-refractivity contribution in [3.63, 3.8) is 0 Å². The Balaban J connectivity index is 1.96. The van der Waals surface area contributed by atoms with E-state index in [2.05, 4.69) is 18.7 Å². The zero-order chi connectivity index (χ0) is 28.6. The molecule has 2 aromatic carbocycles. The Morgan fingerprint density at radius 1 is 0.897 bits per heavy atom. The van der Waals surface area contributed by atoms with Gasteiger partial charge in [-0.15, -0.1) is 0 Å². The Bertz CT molecular complexity index is 1300. The molecule has 0 fully saturated rings. The van der Waals surface area contributed by atoms with Crippen molar-refractivity contribution in [3.8, 4) is 11.5 Å². The van der Waals surface area contributed by atoms with Crippen molar-refractivity contribution in [2.24, 2.45) is 0 Å². The van der Waals surface area contributed by atoms with Crippen molar-refractivity contribution >= 4 is 42.6 Å². The number of likely N-dealkylation sites (N-methyl/N-ethyl adjacent to an activating group) is 1. The van der Waals surface area contributed by atoms with E-state index in [1.807, 2.05) is 19.9 Å². The van der Waals surface area contributed by atoms with Crippen LogP contribution in [0.15, 0.2) is 41.3 Å². The predicted molar refractivity (Wildman–Crippen MR) is 158 cm³/mol. The first-order valence-electron chi connectivity index (χ1n) is 13.4. The molecule has 214 valence electrons. The van der Waals surface area contributed by atoms with E-state index in [1.54, 1.807) is 37.3 Å². The van der Waals surface area contributed by atoms with E-state index >= 15 is 0 Å². The molecule has 0 aliphatic carbocycles. The molecule has 1 aromatic heterocycles. The maximum Gasteiger partial charge on any atom is 0.260 e. The summed E-state index contributed by atoms with van der Waals surface area (Å²) in [6, 6.07) is 9.89. The topological polar surface area (TPSA) is 92.3 Å². The van der Waals surface area contributed by atoms with Crippen LogP contribution in [-0.4, -0.2) is 82.0 Å². The van der Waals surface area contributed by atoms with Gasteiger partial charge in [-0.2, -0.15) is 4.31 Å². The van der Waals surface area contributed by atoms with Crippen LogP contribution in [0.4, 0.5) is 5.13 Å². The number of thiazole rings is 1. The third kappa shape index (κ3) is 7.08. The second-order valence-corrected chi connectivity index (χ2v) is 12.0. The van der Waals surface area contributed by atoms with Crippen LogP contribution in [0.3, 0.4) is 0 Å². The Morgan fingerprint density at radius 3 is 2.10 bits per heavy atom. The minimum absolute atomic E-state index is 0.186. The van der Waals surface area contributed by atoms with Crippen LogP contribution < -0.4 is 14.4 Å². The van der Waals surface area contributed by atoms with Crippen LogP contribution >= 0.6 is 11.3 Å². The Hall–Kier alpha value is -2.73. The van der Waals surface area contributed by atoms with Crippen LogP contribution in [0.1, 0.15) is 50.9 Å². The molecule has 0 saturated heterocycles.